The average molecular weight is 388 g/mol. The van der Waals surface area contributed by atoms with Crippen molar-refractivity contribution in [2.24, 2.45) is 4.99 Å². The number of benzene rings is 1. The predicted octanol–water partition coefficient (Wildman–Crippen LogP) is 2.28. The number of nitrogens with one attached hydrogen (secondary N) is 1. The van der Waals surface area contributed by atoms with Crippen LogP contribution in [0, 0.1) is 5.82 Å². The van der Waals surface area contributed by atoms with Gasteiger partial charge in [0.15, 0.2) is 5.96 Å². The van der Waals surface area contributed by atoms with E-state index in [1.165, 1.54) is 18.2 Å². The molecule has 1 aliphatic heterocycles. The second-order valence-electron chi connectivity index (χ2n) is 5.67. The van der Waals surface area contributed by atoms with Crippen molar-refractivity contribution in [2.75, 3.05) is 39.8 Å². The van der Waals surface area contributed by atoms with E-state index in [1.54, 1.807) is 18.9 Å². The van der Waals surface area contributed by atoms with Crippen LogP contribution in [-0.4, -0.2) is 68.3 Å². The summed E-state index contributed by atoms with van der Waals surface area (Å²) in [6.07, 6.45) is -0.361. The van der Waals surface area contributed by atoms with E-state index in [-0.39, 0.29) is 24.0 Å². The summed E-state index contributed by atoms with van der Waals surface area (Å²) >= 11 is 0. The van der Waals surface area contributed by atoms with Gasteiger partial charge in [-0.3, -0.25) is 4.99 Å². The van der Waals surface area contributed by atoms with Crippen molar-refractivity contribution in [3.63, 3.8) is 0 Å². The zero-order chi connectivity index (χ0) is 19.8. The minimum atomic E-state index is -3.04. The van der Waals surface area contributed by atoms with Crippen LogP contribution in [0.25, 0.3) is 0 Å². The van der Waals surface area contributed by atoms with E-state index in [2.05, 4.69) is 15.0 Å². The van der Waals surface area contributed by atoms with Crippen molar-refractivity contribution in [1.29, 1.82) is 0 Å². The molecule has 150 valence electrons. The second-order valence-corrected chi connectivity index (χ2v) is 5.67. The molecule has 0 aromatic heterocycles. The molecule has 1 fully saturated rings. The highest BCUT2D eigenvalue weighted by Gasteiger charge is 2.24. The largest absolute Gasteiger partial charge is 0.450 e. The Labute approximate surface area is 155 Å². The third-order valence-corrected chi connectivity index (χ3v) is 4.03. The molecule has 0 radical (unpaired) electrons. The molecule has 10 heteroatoms. The molecule has 1 saturated heterocycles. The Morgan fingerprint density at radius 2 is 1.93 bits per heavy atom. The number of guanidine groups is 1. The van der Waals surface area contributed by atoms with E-state index < -0.39 is 12.4 Å². The molecular weight excluding hydrogens is 365 g/mol. The summed E-state index contributed by atoms with van der Waals surface area (Å²) in [5.41, 5.74) is -0.0101. The van der Waals surface area contributed by atoms with Crippen molar-refractivity contribution in [3.8, 4) is 5.75 Å². The summed E-state index contributed by atoms with van der Waals surface area (Å²) < 4.78 is 48.4. The lowest BCUT2D eigenvalue weighted by atomic mass is 10.2. The summed E-state index contributed by atoms with van der Waals surface area (Å²) in [4.78, 5) is 19.4. The first-order chi connectivity index (χ1) is 13.0. The molecule has 1 heterocycles. The fourth-order valence-corrected chi connectivity index (χ4v) is 2.73. The van der Waals surface area contributed by atoms with E-state index in [1.807, 2.05) is 4.90 Å². The van der Waals surface area contributed by atoms with Crippen molar-refractivity contribution < 1.29 is 27.4 Å². The highest BCUT2D eigenvalue weighted by atomic mass is 19.3. The van der Waals surface area contributed by atoms with Crippen molar-refractivity contribution in [1.82, 2.24) is 15.1 Å². The average Bonchev–Trinajstić information content (AvgIpc) is 2.64. The van der Waals surface area contributed by atoms with Gasteiger partial charge in [-0.25, -0.2) is 9.18 Å². The van der Waals surface area contributed by atoms with Gasteiger partial charge in [0.25, 0.3) is 0 Å². The number of nitrogens with zero attached hydrogens (tertiary/aromatic N) is 3. The highest BCUT2D eigenvalue weighted by molar-refractivity contribution is 5.80. The van der Waals surface area contributed by atoms with E-state index in [4.69, 9.17) is 4.74 Å². The van der Waals surface area contributed by atoms with Crippen molar-refractivity contribution in [3.05, 3.63) is 29.6 Å². The van der Waals surface area contributed by atoms with Gasteiger partial charge in [-0.1, -0.05) is 6.07 Å². The van der Waals surface area contributed by atoms with Gasteiger partial charge in [0.05, 0.1) is 6.61 Å². The van der Waals surface area contributed by atoms with Crippen molar-refractivity contribution in [2.45, 2.75) is 20.1 Å². The van der Waals surface area contributed by atoms with Gasteiger partial charge >= 0.3 is 12.7 Å². The molecule has 0 bridgehead atoms. The number of rotatable bonds is 5. The SMILES string of the molecule is CCOC(=O)N1CCN(C(=NC)NCc2c(F)cccc2OC(F)F)CC1. The van der Waals surface area contributed by atoms with Crippen LogP contribution in [0.3, 0.4) is 0 Å². The fourth-order valence-electron chi connectivity index (χ4n) is 2.73. The van der Waals surface area contributed by atoms with Crippen LogP contribution in [0.15, 0.2) is 23.2 Å². The lowest BCUT2D eigenvalue weighted by molar-refractivity contribution is -0.0506. The minimum absolute atomic E-state index is 0.0101. The lowest BCUT2D eigenvalue weighted by Crippen LogP contribution is -2.53. The number of halogens is 3. The summed E-state index contributed by atoms with van der Waals surface area (Å²) in [6.45, 7) is 0.882. The molecule has 0 saturated carbocycles. The number of hydrogen-bond acceptors (Lipinski definition) is 4. The first-order valence-corrected chi connectivity index (χ1v) is 8.55. The number of piperazine rings is 1. The zero-order valence-electron chi connectivity index (χ0n) is 15.3. The normalized spacial score (nSPS) is 15.1. The van der Waals surface area contributed by atoms with Crippen LogP contribution in [0.2, 0.25) is 0 Å². The Balaban J connectivity index is 1.97. The molecule has 1 aliphatic rings. The number of carbonyl (C=O) groups excluding carboxylic acids is 1. The predicted molar refractivity (Wildman–Crippen MR) is 93.4 cm³/mol. The minimum Gasteiger partial charge on any atom is -0.450 e. The Hall–Kier alpha value is -2.65. The molecule has 1 amide bonds. The molecule has 1 aromatic rings. The summed E-state index contributed by atoms with van der Waals surface area (Å²) in [5, 5.41) is 2.96. The first-order valence-electron chi connectivity index (χ1n) is 8.55. The molecule has 0 aliphatic carbocycles. The topological polar surface area (TPSA) is 66.4 Å². The second kappa shape index (κ2) is 9.89. The van der Waals surface area contributed by atoms with E-state index in [0.717, 1.165) is 0 Å². The van der Waals surface area contributed by atoms with Crippen LogP contribution in [0.5, 0.6) is 5.75 Å². The number of carbonyl (C=O) groups is 1. The highest BCUT2D eigenvalue weighted by Crippen LogP contribution is 2.23. The molecule has 7 nitrogen and oxygen atoms in total. The van der Waals surface area contributed by atoms with Gasteiger partial charge in [-0.2, -0.15) is 8.78 Å². The van der Waals surface area contributed by atoms with Gasteiger partial charge in [0, 0.05) is 45.3 Å². The Bertz CT molecular complexity index is 665. The molecule has 0 atom stereocenters. The molecule has 0 unspecified atom stereocenters. The number of aliphatic imine (C=N–C) groups is 1. The zero-order valence-corrected chi connectivity index (χ0v) is 15.3. The number of hydrogen-bond donors (Lipinski definition) is 1. The van der Waals surface area contributed by atoms with Gasteiger partial charge in [-0.15, -0.1) is 0 Å². The molecule has 0 spiro atoms. The first kappa shape index (κ1) is 20.7. The number of amides is 1. The molecule has 1 aromatic carbocycles. The van der Waals surface area contributed by atoms with Gasteiger partial charge < -0.3 is 24.6 Å². The Kier molecular flexibility index (Phi) is 7.56. The maximum Gasteiger partial charge on any atom is 0.409 e. The smallest absolute Gasteiger partial charge is 0.409 e. The molecule has 1 N–H and O–H groups in total. The third kappa shape index (κ3) is 5.66. The van der Waals surface area contributed by atoms with Crippen LogP contribution in [-0.2, 0) is 11.3 Å². The van der Waals surface area contributed by atoms with Gasteiger partial charge in [0.2, 0.25) is 0 Å². The van der Waals surface area contributed by atoms with Gasteiger partial charge in [-0.05, 0) is 19.1 Å². The van der Waals surface area contributed by atoms with Crippen LogP contribution < -0.4 is 10.1 Å². The van der Waals surface area contributed by atoms with Gasteiger partial charge in [0.1, 0.15) is 11.6 Å². The molecule has 27 heavy (non-hydrogen) atoms. The van der Waals surface area contributed by atoms with Crippen LogP contribution in [0.1, 0.15) is 12.5 Å². The lowest BCUT2D eigenvalue weighted by Gasteiger charge is -2.35. The maximum absolute atomic E-state index is 14.0. The van der Waals surface area contributed by atoms with E-state index in [9.17, 15) is 18.0 Å². The van der Waals surface area contributed by atoms with Crippen LogP contribution >= 0.6 is 0 Å². The van der Waals surface area contributed by atoms with Crippen molar-refractivity contribution >= 4 is 12.1 Å². The molecular formula is C17H23F3N4O3. The van der Waals surface area contributed by atoms with Crippen LogP contribution in [0.4, 0.5) is 18.0 Å². The quantitative estimate of drug-likeness (QED) is 0.619. The third-order valence-electron chi connectivity index (χ3n) is 4.03. The maximum atomic E-state index is 14.0. The monoisotopic (exact) mass is 388 g/mol. The Morgan fingerprint density at radius 3 is 2.52 bits per heavy atom. The van der Waals surface area contributed by atoms with E-state index in [0.29, 0.717) is 38.7 Å². The number of alkyl halides is 2. The summed E-state index contributed by atoms with van der Waals surface area (Å²) in [5.74, 6) is -0.395. The van der Waals surface area contributed by atoms with E-state index >= 15 is 0 Å². The number of ether oxygens (including phenoxy) is 2. The standard InChI is InChI=1S/C17H23F3N4O3/c1-3-26-17(25)24-9-7-23(8-10-24)16(21-2)22-11-12-13(18)5-4-6-14(12)27-15(19)20/h4-6,15H,3,7-11H2,1-2H3,(H,21,22). The summed E-state index contributed by atoms with van der Waals surface area (Å²) in [6, 6.07) is 3.77. The molecule has 2 rings (SSSR count). The fraction of sp³-hybridized carbons (Fsp3) is 0.529. The summed E-state index contributed by atoms with van der Waals surface area (Å²) in [7, 11) is 1.57. The Morgan fingerprint density at radius 1 is 1.26 bits per heavy atom.